The van der Waals surface area contributed by atoms with Crippen LogP contribution < -0.4 is 0 Å². The molecule has 5 heteroatoms. The minimum atomic E-state index is -0.430. The number of hydrogen-bond acceptors (Lipinski definition) is 3. The van der Waals surface area contributed by atoms with Gasteiger partial charge in [-0.1, -0.05) is 12.1 Å². The molecule has 0 spiro atoms. The van der Waals surface area contributed by atoms with Gasteiger partial charge in [0.1, 0.15) is 5.84 Å². The Kier molecular flexibility index (Phi) is 2.85. The van der Waals surface area contributed by atoms with Crippen molar-refractivity contribution < 1.29 is 4.92 Å². The summed E-state index contributed by atoms with van der Waals surface area (Å²) in [7, 11) is 0. The summed E-state index contributed by atoms with van der Waals surface area (Å²) < 4.78 is 0. The summed E-state index contributed by atoms with van der Waals surface area (Å²) in [6.45, 7) is 1.75. The maximum atomic E-state index is 10.6. The smallest absolute Gasteiger partial charge is 0.270 e. The van der Waals surface area contributed by atoms with Gasteiger partial charge < -0.3 is 4.90 Å². The van der Waals surface area contributed by atoms with E-state index in [4.69, 9.17) is 5.41 Å². The topological polar surface area (TPSA) is 70.2 Å². The zero-order valence-corrected chi connectivity index (χ0v) is 8.85. The lowest BCUT2D eigenvalue weighted by molar-refractivity contribution is -0.384. The molecule has 0 atom stereocenters. The first-order chi connectivity index (χ1) is 7.68. The second-order valence-corrected chi connectivity index (χ2v) is 3.85. The summed E-state index contributed by atoms with van der Waals surface area (Å²) in [6, 6.07) is 6.27. The Morgan fingerprint density at radius 1 is 1.38 bits per heavy atom. The molecule has 0 bridgehead atoms. The molecule has 0 unspecified atom stereocenters. The summed E-state index contributed by atoms with van der Waals surface area (Å²) >= 11 is 0. The second kappa shape index (κ2) is 4.30. The van der Waals surface area contributed by atoms with E-state index < -0.39 is 4.92 Å². The minimum Gasteiger partial charge on any atom is -0.357 e. The van der Waals surface area contributed by atoms with Crippen LogP contribution in [-0.2, 0) is 0 Å². The lowest BCUT2D eigenvalue weighted by Gasteiger charge is -2.18. The molecule has 5 nitrogen and oxygen atoms in total. The summed E-state index contributed by atoms with van der Waals surface area (Å²) in [5.74, 6) is 0.390. The molecule has 1 aromatic rings. The molecule has 1 aliphatic rings. The van der Waals surface area contributed by atoms with Gasteiger partial charge in [-0.2, -0.15) is 0 Å². The zero-order chi connectivity index (χ0) is 11.5. The lowest BCUT2D eigenvalue weighted by Crippen LogP contribution is -2.27. The highest BCUT2D eigenvalue weighted by Gasteiger charge is 2.17. The van der Waals surface area contributed by atoms with Crippen molar-refractivity contribution in [1.82, 2.24) is 4.90 Å². The molecule has 0 aliphatic carbocycles. The van der Waals surface area contributed by atoms with Gasteiger partial charge in [-0.25, -0.2) is 0 Å². The Hall–Kier alpha value is -1.91. The molecule has 1 aromatic carbocycles. The van der Waals surface area contributed by atoms with Gasteiger partial charge in [0.15, 0.2) is 0 Å². The highest BCUT2D eigenvalue weighted by molar-refractivity contribution is 5.97. The van der Waals surface area contributed by atoms with E-state index in [1.165, 1.54) is 12.1 Å². The van der Waals surface area contributed by atoms with Crippen LogP contribution >= 0.6 is 0 Å². The number of hydrogen-bond donors (Lipinski definition) is 1. The van der Waals surface area contributed by atoms with E-state index in [0.717, 1.165) is 25.9 Å². The molecule has 0 amide bonds. The zero-order valence-electron chi connectivity index (χ0n) is 8.85. The third kappa shape index (κ3) is 2.03. The normalized spacial score (nSPS) is 15.1. The van der Waals surface area contributed by atoms with Crippen molar-refractivity contribution in [2.24, 2.45) is 0 Å². The molecule has 1 N–H and O–H groups in total. The summed E-state index contributed by atoms with van der Waals surface area (Å²) in [5.41, 5.74) is 0.664. The number of nitro benzene ring substituents is 1. The summed E-state index contributed by atoms with van der Waals surface area (Å²) in [5, 5.41) is 18.6. The van der Waals surface area contributed by atoms with E-state index in [1.54, 1.807) is 12.1 Å². The number of nitrogens with zero attached hydrogens (tertiary/aromatic N) is 2. The number of non-ortho nitro benzene ring substituents is 1. The van der Waals surface area contributed by atoms with Crippen LogP contribution in [0.4, 0.5) is 5.69 Å². The number of benzene rings is 1. The Bertz CT molecular complexity index is 425. The van der Waals surface area contributed by atoms with Gasteiger partial charge in [0.05, 0.1) is 4.92 Å². The summed E-state index contributed by atoms with van der Waals surface area (Å²) in [6.07, 6.45) is 2.19. The van der Waals surface area contributed by atoms with Crippen LogP contribution in [0.3, 0.4) is 0 Å². The SMILES string of the molecule is N=C(c1cccc([N+](=O)[O-])c1)N1CCCC1. The average molecular weight is 219 g/mol. The quantitative estimate of drug-likeness (QED) is 0.358. The van der Waals surface area contributed by atoms with E-state index >= 15 is 0 Å². The number of nitrogens with one attached hydrogen (secondary N) is 1. The highest BCUT2D eigenvalue weighted by atomic mass is 16.6. The Morgan fingerprint density at radius 3 is 2.69 bits per heavy atom. The summed E-state index contributed by atoms with van der Waals surface area (Å²) in [4.78, 5) is 12.1. The van der Waals surface area contributed by atoms with Gasteiger partial charge in [0.2, 0.25) is 0 Å². The number of amidine groups is 1. The molecule has 1 heterocycles. The molecule has 16 heavy (non-hydrogen) atoms. The molecular weight excluding hydrogens is 206 g/mol. The first-order valence-corrected chi connectivity index (χ1v) is 5.27. The monoisotopic (exact) mass is 219 g/mol. The Labute approximate surface area is 93.3 Å². The first-order valence-electron chi connectivity index (χ1n) is 5.27. The number of likely N-dealkylation sites (tertiary alicyclic amines) is 1. The van der Waals surface area contributed by atoms with Crippen molar-refractivity contribution in [3.63, 3.8) is 0 Å². The molecule has 2 rings (SSSR count). The minimum absolute atomic E-state index is 0.0430. The van der Waals surface area contributed by atoms with Crippen molar-refractivity contribution >= 4 is 11.5 Å². The van der Waals surface area contributed by atoms with Crippen LogP contribution in [0.5, 0.6) is 0 Å². The van der Waals surface area contributed by atoms with E-state index in [-0.39, 0.29) is 5.69 Å². The predicted molar refractivity (Wildman–Crippen MR) is 60.7 cm³/mol. The molecule has 1 saturated heterocycles. The van der Waals surface area contributed by atoms with Crippen LogP contribution in [-0.4, -0.2) is 28.7 Å². The second-order valence-electron chi connectivity index (χ2n) is 3.85. The molecule has 0 aromatic heterocycles. The van der Waals surface area contributed by atoms with Crippen molar-refractivity contribution in [1.29, 1.82) is 5.41 Å². The standard InChI is InChI=1S/C11H13N3O2/c12-11(13-6-1-2-7-13)9-4-3-5-10(8-9)14(15)16/h3-5,8,12H,1-2,6-7H2. The van der Waals surface area contributed by atoms with Crippen molar-refractivity contribution in [3.05, 3.63) is 39.9 Å². The molecule has 1 fully saturated rings. The number of nitro groups is 1. The van der Waals surface area contributed by atoms with E-state index in [2.05, 4.69) is 0 Å². The van der Waals surface area contributed by atoms with Gasteiger partial charge in [-0.3, -0.25) is 15.5 Å². The Morgan fingerprint density at radius 2 is 2.06 bits per heavy atom. The predicted octanol–water partition coefficient (Wildman–Crippen LogP) is 2.02. The van der Waals surface area contributed by atoms with Gasteiger partial charge in [0.25, 0.3) is 5.69 Å². The third-order valence-corrected chi connectivity index (χ3v) is 2.75. The third-order valence-electron chi connectivity index (χ3n) is 2.75. The van der Waals surface area contributed by atoms with Crippen molar-refractivity contribution in [3.8, 4) is 0 Å². The van der Waals surface area contributed by atoms with Crippen molar-refractivity contribution in [2.45, 2.75) is 12.8 Å². The van der Waals surface area contributed by atoms with Crippen LogP contribution in [0.15, 0.2) is 24.3 Å². The fourth-order valence-electron chi connectivity index (χ4n) is 1.89. The number of rotatable bonds is 2. The maximum Gasteiger partial charge on any atom is 0.270 e. The first kappa shape index (κ1) is 10.6. The maximum absolute atomic E-state index is 10.6. The molecular formula is C11H13N3O2. The van der Waals surface area contributed by atoms with Crippen LogP contribution in [0, 0.1) is 15.5 Å². The van der Waals surface area contributed by atoms with E-state index in [1.807, 2.05) is 4.90 Å². The van der Waals surface area contributed by atoms with Crippen LogP contribution in [0.2, 0.25) is 0 Å². The van der Waals surface area contributed by atoms with E-state index in [0.29, 0.717) is 11.4 Å². The van der Waals surface area contributed by atoms with Gasteiger partial charge in [0, 0.05) is 30.8 Å². The van der Waals surface area contributed by atoms with Gasteiger partial charge in [-0.05, 0) is 12.8 Å². The van der Waals surface area contributed by atoms with Gasteiger partial charge >= 0.3 is 0 Å². The fourth-order valence-corrected chi connectivity index (χ4v) is 1.89. The van der Waals surface area contributed by atoms with Crippen LogP contribution in [0.1, 0.15) is 18.4 Å². The molecule has 0 saturated carbocycles. The van der Waals surface area contributed by atoms with Crippen LogP contribution in [0.25, 0.3) is 0 Å². The van der Waals surface area contributed by atoms with E-state index in [9.17, 15) is 10.1 Å². The molecule has 84 valence electrons. The Balaban J connectivity index is 2.22. The highest BCUT2D eigenvalue weighted by Crippen LogP contribution is 2.17. The molecule has 0 radical (unpaired) electrons. The van der Waals surface area contributed by atoms with Gasteiger partial charge in [-0.15, -0.1) is 0 Å². The fraction of sp³-hybridized carbons (Fsp3) is 0.364. The van der Waals surface area contributed by atoms with Crippen molar-refractivity contribution in [2.75, 3.05) is 13.1 Å². The average Bonchev–Trinajstić information content (AvgIpc) is 2.81. The largest absolute Gasteiger partial charge is 0.357 e. The lowest BCUT2D eigenvalue weighted by atomic mass is 10.1. The molecule has 1 aliphatic heterocycles.